The molecule has 0 bridgehead atoms. The van der Waals surface area contributed by atoms with Gasteiger partial charge in [-0.15, -0.1) is 0 Å². The van der Waals surface area contributed by atoms with Gasteiger partial charge in [-0.3, -0.25) is 4.79 Å². The maximum absolute atomic E-state index is 12.6. The summed E-state index contributed by atoms with van der Waals surface area (Å²) >= 11 is 0. The quantitative estimate of drug-likeness (QED) is 0.942. The van der Waals surface area contributed by atoms with E-state index in [2.05, 4.69) is 10.5 Å². The number of nitrogens with zero attached hydrogens (tertiary/aromatic N) is 1. The first kappa shape index (κ1) is 13.4. The van der Waals surface area contributed by atoms with E-state index in [-0.39, 0.29) is 5.91 Å². The molecule has 1 saturated carbocycles. The Balaban J connectivity index is 1.49. The van der Waals surface area contributed by atoms with Crippen molar-refractivity contribution < 1.29 is 14.1 Å². The number of rotatable bonds is 4. The summed E-state index contributed by atoms with van der Waals surface area (Å²) in [7, 11) is 0. The lowest BCUT2D eigenvalue weighted by Crippen LogP contribution is -2.35. The minimum Gasteiger partial charge on any atom is -0.477 e. The molecule has 1 aromatic heterocycles. The van der Waals surface area contributed by atoms with Gasteiger partial charge in [-0.1, -0.05) is 23.4 Å². The molecule has 1 N–H and O–H groups in total. The summed E-state index contributed by atoms with van der Waals surface area (Å²) in [5.41, 5.74) is 0.303. The van der Waals surface area contributed by atoms with Crippen LogP contribution in [0.1, 0.15) is 37.0 Å². The van der Waals surface area contributed by atoms with Gasteiger partial charge in [-0.25, -0.2) is 0 Å². The number of hydrogen-bond acceptors (Lipinski definition) is 4. The Kier molecular flexibility index (Phi) is 3.13. The number of anilines is 1. The molecule has 5 heteroatoms. The molecule has 0 radical (unpaired) electrons. The van der Waals surface area contributed by atoms with E-state index in [1.807, 2.05) is 30.3 Å². The Morgan fingerprint density at radius 1 is 1.18 bits per heavy atom. The second-order valence-corrected chi connectivity index (χ2v) is 6.00. The van der Waals surface area contributed by atoms with E-state index in [9.17, 15) is 4.79 Å². The Morgan fingerprint density at radius 2 is 1.95 bits per heavy atom. The smallest absolute Gasteiger partial charge is 0.269 e. The molecular formula is C17H18N2O3. The van der Waals surface area contributed by atoms with E-state index in [0.717, 1.165) is 55.6 Å². The van der Waals surface area contributed by atoms with Crippen molar-refractivity contribution >= 4 is 11.7 Å². The molecule has 22 heavy (non-hydrogen) atoms. The third-order valence-electron chi connectivity index (χ3n) is 4.36. The van der Waals surface area contributed by atoms with Crippen molar-refractivity contribution in [2.75, 3.05) is 5.32 Å². The molecule has 114 valence electrons. The van der Waals surface area contributed by atoms with Crippen molar-refractivity contribution in [2.24, 2.45) is 0 Å². The van der Waals surface area contributed by atoms with Gasteiger partial charge in [0, 0.05) is 24.8 Å². The predicted octanol–water partition coefficient (Wildman–Crippen LogP) is 3.10. The Bertz CT molecular complexity index is 689. The van der Waals surface area contributed by atoms with E-state index in [1.54, 1.807) is 0 Å². The predicted molar refractivity (Wildman–Crippen MR) is 80.8 cm³/mol. The first-order valence-electron chi connectivity index (χ1n) is 7.80. The number of carbonyl (C=O) groups is 1. The third kappa shape index (κ3) is 2.36. The summed E-state index contributed by atoms with van der Waals surface area (Å²) in [5, 5.41) is 6.93. The first-order valence-corrected chi connectivity index (χ1v) is 7.80. The van der Waals surface area contributed by atoms with E-state index in [1.165, 1.54) is 0 Å². The zero-order chi connectivity index (χ0) is 15.0. The number of carbonyl (C=O) groups excluding carboxylic acids is 1. The second kappa shape index (κ2) is 5.16. The fraction of sp³-hybridized carbons (Fsp3) is 0.412. The fourth-order valence-corrected chi connectivity index (χ4v) is 2.91. The van der Waals surface area contributed by atoms with Crippen LogP contribution in [-0.4, -0.2) is 16.7 Å². The maximum atomic E-state index is 12.6. The van der Waals surface area contributed by atoms with E-state index >= 15 is 0 Å². The Morgan fingerprint density at radius 3 is 2.73 bits per heavy atom. The summed E-state index contributed by atoms with van der Waals surface area (Å²) in [6.07, 6.45) is 5.52. The van der Waals surface area contributed by atoms with Gasteiger partial charge < -0.3 is 14.6 Å². The van der Waals surface area contributed by atoms with Crippen LogP contribution in [0.2, 0.25) is 0 Å². The molecule has 4 rings (SSSR count). The van der Waals surface area contributed by atoms with Crippen LogP contribution in [0, 0.1) is 0 Å². The molecule has 2 aliphatic carbocycles. The highest BCUT2D eigenvalue weighted by atomic mass is 16.5. The number of hydrogen-bond donors (Lipinski definition) is 1. The number of aromatic nitrogens is 1. The minimum atomic E-state index is -0.748. The molecule has 0 spiro atoms. The van der Waals surface area contributed by atoms with Crippen molar-refractivity contribution in [2.45, 2.75) is 44.1 Å². The average molecular weight is 298 g/mol. The molecule has 1 fully saturated rings. The lowest BCUT2D eigenvalue weighted by molar-refractivity contribution is -0.124. The van der Waals surface area contributed by atoms with Gasteiger partial charge in [0.25, 0.3) is 5.91 Å². The highest BCUT2D eigenvalue weighted by molar-refractivity contribution is 5.99. The molecule has 2 aliphatic rings. The topological polar surface area (TPSA) is 64.4 Å². The molecule has 0 atom stereocenters. The lowest BCUT2D eigenvalue weighted by atomic mass is 9.98. The van der Waals surface area contributed by atoms with Gasteiger partial charge >= 0.3 is 0 Å². The van der Waals surface area contributed by atoms with Gasteiger partial charge in [-0.2, -0.15) is 0 Å². The van der Waals surface area contributed by atoms with Gasteiger partial charge in [0.1, 0.15) is 11.5 Å². The van der Waals surface area contributed by atoms with Gasteiger partial charge in [0.15, 0.2) is 11.4 Å². The van der Waals surface area contributed by atoms with Crippen molar-refractivity contribution in [1.29, 1.82) is 0 Å². The number of benzene rings is 1. The second-order valence-electron chi connectivity index (χ2n) is 6.00. The maximum Gasteiger partial charge on any atom is 0.269 e. The third-order valence-corrected chi connectivity index (χ3v) is 4.36. The van der Waals surface area contributed by atoms with Crippen LogP contribution in [0.3, 0.4) is 0 Å². The van der Waals surface area contributed by atoms with Gasteiger partial charge in [0.2, 0.25) is 0 Å². The number of ether oxygens (including phenoxy) is 1. The zero-order valence-electron chi connectivity index (χ0n) is 12.3. The van der Waals surface area contributed by atoms with Crippen LogP contribution in [0.15, 0.2) is 34.9 Å². The van der Waals surface area contributed by atoms with Gasteiger partial charge in [-0.05, 0) is 31.4 Å². The molecular weight excluding hydrogens is 280 g/mol. The highest BCUT2D eigenvalue weighted by Gasteiger charge is 2.53. The summed E-state index contributed by atoms with van der Waals surface area (Å²) in [5.74, 6) is 2.08. The van der Waals surface area contributed by atoms with Crippen LogP contribution >= 0.6 is 0 Å². The number of aryl methyl sites for hydroxylation is 1. The Labute approximate surface area is 128 Å². The first-order chi connectivity index (χ1) is 10.8. The van der Waals surface area contributed by atoms with E-state index in [4.69, 9.17) is 9.26 Å². The Hall–Kier alpha value is -2.30. The van der Waals surface area contributed by atoms with Crippen molar-refractivity contribution in [3.05, 3.63) is 41.7 Å². The van der Waals surface area contributed by atoms with Crippen LogP contribution < -0.4 is 10.1 Å². The summed E-state index contributed by atoms with van der Waals surface area (Å²) in [4.78, 5) is 12.6. The zero-order valence-corrected chi connectivity index (χ0v) is 12.3. The lowest BCUT2D eigenvalue weighted by Gasteiger charge is -2.17. The van der Waals surface area contributed by atoms with Crippen LogP contribution in [0.5, 0.6) is 5.75 Å². The molecule has 0 saturated heterocycles. The molecule has 5 nitrogen and oxygen atoms in total. The van der Waals surface area contributed by atoms with Crippen molar-refractivity contribution in [3.8, 4) is 5.75 Å². The molecule has 1 aromatic carbocycles. The fourth-order valence-electron chi connectivity index (χ4n) is 2.91. The number of nitrogens with one attached hydrogen (secondary N) is 1. The highest BCUT2D eigenvalue weighted by Crippen LogP contribution is 2.41. The molecule has 2 aromatic rings. The summed E-state index contributed by atoms with van der Waals surface area (Å²) < 4.78 is 11.2. The SMILES string of the molecule is O=C(Nc1noc2c1CCCC2)C1(Oc2ccccc2)CC1. The number of fused-ring (bicyclic) bond motifs is 1. The largest absolute Gasteiger partial charge is 0.477 e. The molecule has 1 amide bonds. The molecule has 0 unspecified atom stereocenters. The molecule has 0 aliphatic heterocycles. The number of amides is 1. The van der Waals surface area contributed by atoms with Crippen molar-refractivity contribution in [1.82, 2.24) is 5.16 Å². The van der Waals surface area contributed by atoms with E-state index < -0.39 is 5.60 Å². The molecule has 1 heterocycles. The standard InChI is InChI=1S/C17H18N2O3/c20-16(17(10-11-17)21-12-6-2-1-3-7-12)18-15-13-8-4-5-9-14(13)22-19-15/h1-3,6-7H,4-5,8-11H2,(H,18,19,20). The van der Waals surface area contributed by atoms with E-state index in [0.29, 0.717) is 5.82 Å². The van der Waals surface area contributed by atoms with Crippen LogP contribution in [0.25, 0.3) is 0 Å². The average Bonchev–Trinajstić information content (AvgIpc) is 3.23. The number of para-hydroxylation sites is 1. The van der Waals surface area contributed by atoms with Crippen LogP contribution in [-0.2, 0) is 17.6 Å². The normalized spacial score (nSPS) is 18.4. The van der Waals surface area contributed by atoms with Crippen molar-refractivity contribution in [3.63, 3.8) is 0 Å². The van der Waals surface area contributed by atoms with Gasteiger partial charge in [0.05, 0.1) is 0 Å². The minimum absolute atomic E-state index is 0.127. The summed E-state index contributed by atoms with van der Waals surface area (Å²) in [6, 6.07) is 9.46. The summed E-state index contributed by atoms with van der Waals surface area (Å²) in [6.45, 7) is 0. The monoisotopic (exact) mass is 298 g/mol. The van der Waals surface area contributed by atoms with Crippen LogP contribution in [0.4, 0.5) is 5.82 Å².